The summed E-state index contributed by atoms with van der Waals surface area (Å²) in [6.07, 6.45) is 7.07. The SMILES string of the molecule is C=C(C)C(C)C1(C)CCC2(C)C(C)CCC2(C)C1. The average molecular weight is 248 g/mol. The Labute approximate surface area is 114 Å². The van der Waals surface area contributed by atoms with Gasteiger partial charge >= 0.3 is 0 Å². The molecule has 0 N–H and O–H groups in total. The summed E-state index contributed by atoms with van der Waals surface area (Å²) in [6, 6.07) is 0. The topological polar surface area (TPSA) is 0 Å². The maximum Gasteiger partial charge on any atom is -0.0183 e. The fourth-order valence-electron chi connectivity index (χ4n) is 5.06. The van der Waals surface area contributed by atoms with E-state index in [2.05, 4.69) is 48.1 Å². The minimum atomic E-state index is 0.476. The van der Waals surface area contributed by atoms with Gasteiger partial charge in [-0.3, -0.25) is 0 Å². The predicted octanol–water partition coefficient (Wildman–Crippen LogP) is 5.83. The van der Waals surface area contributed by atoms with Crippen molar-refractivity contribution in [2.75, 3.05) is 0 Å². The molecule has 0 heterocycles. The Morgan fingerprint density at radius 3 is 2.33 bits per heavy atom. The van der Waals surface area contributed by atoms with Gasteiger partial charge in [-0.1, -0.05) is 46.8 Å². The lowest BCUT2D eigenvalue weighted by Crippen LogP contribution is -2.47. The van der Waals surface area contributed by atoms with Gasteiger partial charge in [0.15, 0.2) is 0 Å². The summed E-state index contributed by atoms with van der Waals surface area (Å²) in [4.78, 5) is 0. The highest BCUT2D eigenvalue weighted by Crippen LogP contribution is 2.67. The van der Waals surface area contributed by atoms with Crippen LogP contribution in [-0.2, 0) is 0 Å². The molecule has 2 saturated carbocycles. The van der Waals surface area contributed by atoms with E-state index in [-0.39, 0.29) is 0 Å². The van der Waals surface area contributed by atoms with Gasteiger partial charge in [-0.15, -0.1) is 0 Å². The van der Waals surface area contributed by atoms with Crippen molar-refractivity contribution in [2.24, 2.45) is 28.1 Å². The highest BCUT2D eigenvalue weighted by molar-refractivity contribution is 5.11. The van der Waals surface area contributed by atoms with Crippen LogP contribution in [0.3, 0.4) is 0 Å². The fourth-order valence-corrected chi connectivity index (χ4v) is 5.06. The standard InChI is InChI=1S/C18H32/c1-13(2)15(4)16(5)10-11-18(7)14(3)8-9-17(18,6)12-16/h14-15H,1,8-12H2,2-7H3. The molecule has 0 saturated heterocycles. The van der Waals surface area contributed by atoms with Gasteiger partial charge in [-0.25, -0.2) is 0 Å². The molecule has 0 aromatic heterocycles. The molecule has 2 fully saturated rings. The molecule has 0 nitrogen and oxygen atoms in total. The fraction of sp³-hybridized carbons (Fsp3) is 0.889. The number of rotatable bonds is 2. The van der Waals surface area contributed by atoms with E-state index in [4.69, 9.17) is 0 Å². The second kappa shape index (κ2) is 4.12. The van der Waals surface area contributed by atoms with Crippen LogP contribution in [0.1, 0.15) is 73.6 Å². The monoisotopic (exact) mass is 248 g/mol. The number of allylic oxidation sites excluding steroid dienone is 1. The summed E-state index contributed by atoms with van der Waals surface area (Å²) < 4.78 is 0. The third-order valence-corrected chi connectivity index (χ3v) is 7.39. The van der Waals surface area contributed by atoms with Crippen LogP contribution >= 0.6 is 0 Å². The van der Waals surface area contributed by atoms with E-state index in [1.165, 1.54) is 37.7 Å². The molecule has 0 amide bonds. The molecule has 104 valence electrons. The molecule has 2 aliphatic rings. The predicted molar refractivity (Wildman–Crippen MR) is 80.5 cm³/mol. The van der Waals surface area contributed by atoms with Crippen LogP contribution in [0.25, 0.3) is 0 Å². The second-order valence-corrected chi connectivity index (χ2v) is 8.32. The van der Waals surface area contributed by atoms with Gasteiger partial charge < -0.3 is 0 Å². The summed E-state index contributed by atoms with van der Waals surface area (Å²) in [5, 5.41) is 0. The highest BCUT2D eigenvalue weighted by atomic mass is 14.6. The minimum absolute atomic E-state index is 0.476. The molecule has 5 unspecified atom stereocenters. The molecule has 5 atom stereocenters. The van der Waals surface area contributed by atoms with Crippen LogP contribution in [0.15, 0.2) is 12.2 Å². The minimum Gasteiger partial charge on any atom is -0.0999 e. The van der Waals surface area contributed by atoms with Crippen LogP contribution in [-0.4, -0.2) is 0 Å². The summed E-state index contributed by atoms with van der Waals surface area (Å²) in [5.74, 6) is 1.57. The van der Waals surface area contributed by atoms with Gasteiger partial charge in [0.2, 0.25) is 0 Å². The van der Waals surface area contributed by atoms with Gasteiger partial charge in [0.25, 0.3) is 0 Å². The Bertz CT molecular complexity index is 355. The summed E-state index contributed by atoms with van der Waals surface area (Å²) in [6.45, 7) is 19.0. The van der Waals surface area contributed by atoms with Gasteiger partial charge in [0.1, 0.15) is 0 Å². The van der Waals surface area contributed by atoms with Crippen molar-refractivity contribution in [3.05, 3.63) is 12.2 Å². The van der Waals surface area contributed by atoms with Crippen LogP contribution in [0.5, 0.6) is 0 Å². The smallest absolute Gasteiger partial charge is 0.0183 e. The van der Waals surface area contributed by atoms with Crippen molar-refractivity contribution < 1.29 is 0 Å². The van der Waals surface area contributed by atoms with E-state index < -0.39 is 0 Å². The molecule has 0 heteroatoms. The van der Waals surface area contributed by atoms with Crippen molar-refractivity contribution in [1.29, 1.82) is 0 Å². The first-order valence-corrected chi connectivity index (χ1v) is 7.80. The summed E-state index contributed by atoms with van der Waals surface area (Å²) in [5.41, 5.74) is 2.99. The van der Waals surface area contributed by atoms with Gasteiger partial charge in [0, 0.05) is 0 Å². The van der Waals surface area contributed by atoms with Crippen molar-refractivity contribution in [1.82, 2.24) is 0 Å². The van der Waals surface area contributed by atoms with Crippen LogP contribution in [0.2, 0.25) is 0 Å². The van der Waals surface area contributed by atoms with E-state index >= 15 is 0 Å². The Morgan fingerprint density at radius 2 is 1.78 bits per heavy atom. The molecule has 2 rings (SSSR count). The highest BCUT2D eigenvalue weighted by Gasteiger charge is 2.58. The number of hydrogen-bond acceptors (Lipinski definition) is 0. The van der Waals surface area contributed by atoms with Gasteiger partial charge in [-0.05, 0) is 67.1 Å². The van der Waals surface area contributed by atoms with Gasteiger partial charge in [0.05, 0.1) is 0 Å². The quantitative estimate of drug-likeness (QED) is 0.539. The maximum absolute atomic E-state index is 4.22. The third kappa shape index (κ3) is 1.79. The zero-order valence-corrected chi connectivity index (χ0v) is 13.4. The second-order valence-electron chi connectivity index (χ2n) is 8.32. The molecule has 0 spiro atoms. The largest absolute Gasteiger partial charge is 0.0999 e. The molecular formula is C18H32. The first-order chi connectivity index (χ1) is 8.15. The average Bonchev–Trinajstić information content (AvgIpc) is 2.51. The summed E-state index contributed by atoms with van der Waals surface area (Å²) in [7, 11) is 0. The van der Waals surface area contributed by atoms with Crippen molar-refractivity contribution in [2.45, 2.75) is 73.6 Å². The van der Waals surface area contributed by atoms with E-state index in [0.29, 0.717) is 22.2 Å². The number of hydrogen-bond donors (Lipinski definition) is 0. The molecule has 0 radical (unpaired) electrons. The van der Waals surface area contributed by atoms with Crippen molar-refractivity contribution in [3.63, 3.8) is 0 Å². The molecule has 2 aliphatic carbocycles. The Balaban J connectivity index is 2.28. The lowest BCUT2D eigenvalue weighted by Gasteiger charge is -2.56. The Hall–Kier alpha value is -0.260. The normalized spacial score (nSPS) is 49.8. The third-order valence-electron chi connectivity index (χ3n) is 7.39. The first-order valence-electron chi connectivity index (χ1n) is 7.80. The van der Waals surface area contributed by atoms with E-state index in [0.717, 1.165) is 5.92 Å². The molecule has 0 aromatic rings. The van der Waals surface area contributed by atoms with E-state index in [1.54, 1.807) is 0 Å². The maximum atomic E-state index is 4.22. The molecule has 0 bridgehead atoms. The molecule has 0 aromatic carbocycles. The van der Waals surface area contributed by atoms with Crippen LogP contribution in [0.4, 0.5) is 0 Å². The lowest BCUT2D eigenvalue weighted by molar-refractivity contribution is -0.0557. The van der Waals surface area contributed by atoms with Crippen molar-refractivity contribution in [3.8, 4) is 0 Å². The number of fused-ring (bicyclic) bond motifs is 1. The van der Waals surface area contributed by atoms with Crippen molar-refractivity contribution >= 4 is 0 Å². The van der Waals surface area contributed by atoms with Crippen LogP contribution in [0, 0.1) is 28.1 Å². The lowest BCUT2D eigenvalue weighted by atomic mass is 9.49. The summed E-state index contributed by atoms with van der Waals surface area (Å²) >= 11 is 0. The van der Waals surface area contributed by atoms with E-state index in [9.17, 15) is 0 Å². The molecule has 18 heavy (non-hydrogen) atoms. The van der Waals surface area contributed by atoms with Crippen LogP contribution < -0.4 is 0 Å². The molecule has 0 aliphatic heterocycles. The molecular weight excluding hydrogens is 216 g/mol. The van der Waals surface area contributed by atoms with Gasteiger partial charge in [-0.2, -0.15) is 0 Å². The zero-order valence-electron chi connectivity index (χ0n) is 13.4. The Morgan fingerprint density at radius 1 is 1.17 bits per heavy atom. The zero-order chi connectivity index (χ0) is 13.8. The Kier molecular flexibility index (Phi) is 3.24. The van der Waals surface area contributed by atoms with E-state index in [1.807, 2.05) is 0 Å². The first kappa shape index (κ1) is 14.2.